The Bertz CT molecular complexity index is 903. The second-order valence-electron chi connectivity index (χ2n) is 6.57. The second kappa shape index (κ2) is 5.91. The van der Waals surface area contributed by atoms with Gasteiger partial charge in [0.25, 0.3) is 0 Å². The Morgan fingerprint density at radius 3 is 2.80 bits per heavy atom. The highest BCUT2D eigenvalue weighted by Gasteiger charge is 2.29. The Labute approximate surface area is 144 Å². The highest BCUT2D eigenvalue weighted by atomic mass is 16.4. The Kier molecular flexibility index (Phi) is 3.43. The van der Waals surface area contributed by atoms with Crippen LogP contribution in [0, 0.1) is 0 Å². The number of nitrogens with zero attached hydrogens (tertiary/aromatic N) is 5. The van der Waals surface area contributed by atoms with E-state index in [0.717, 1.165) is 60.9 Å². The number of hydrogen-bond acceptors (Lipinski definition) is 7. The number of anilines is 1. The molecule has 1 saturated carbocycles. The molecule has 0 unspecified atom stereocenters. The molecule has 0 spiro atoms. The number of nitrogens with one attached hydrogen (secondary N) is 1. The van der Waals surface area contributed by atoms with Gasteiger partial charge in [-0.05, 0) is 44.2 Å². The predicted molar refractivity (Wildman–Crippen MR) is 90.9 cm³/mol. The number of fused-ring (bicyclic) bond motifs is 1. The molecule has 126 valence electrons. The number of hydrogen-bond donors (Lipinski definition) is 1. The van der Waals surface area contributed by atoms with Crippen LogP contribution in [-0.4, -0.2) is 25.1 Å². The van der Waals surface area contributed by atoms with E-state index in [1.165, 1.54) is 5.56 Å². The Hall–Kier alpha value is -2.83. The van der Waals surface area contributed by atoms with Gasteiger partial charge < -0.3 is 9.73 Å². The summed E-state index contributed by atoms with van der Waals surface area (Å²) < 4.78 is 5.73. The lowest BCUT2D eigenvalue weighted by Gasteiger charge is -2.11. The summed E-state index contributed by atoms with van der Waals surface area (Å²) >= 11 is 0. The minimum absolute atomic E-state index is 0.475. The van der Waals surface area contributed by atoms with Crippen molar-refractivity contribution in [3.63, 3.8) is 0 Å². The number of aromatic nitrogens is 5. The highest BCUT2D eigenvalue weighted by Crippen LogP contribution is 2.39. The molecule has 0 saturated heterocycles. The summed E-state index contributed by atoms with van der Waals surface area (Å²) in [5.41, 5.74) is 3.31. The van der Waals surface area contributed by atoms with E-state index in [2.05, 4.69) is 20.5 Å². The van der Waals surface area contributed by atoms with Gasteiger partial charge in [0.2, 0.25) is 11.8 Å². The Morgan fingerprint density at radius 2 is 1.96 bits per heavy atom. The molecule has 0 radical (unpaired) electrons. The number of rotatable bonds is 5. The molecule has 2 aliphatic carbocycles. The van der Waals surface area contributed by atoms with Crippen LogP contribution in [0.3, 0.4) is 0 Å². The normalized spacial score (nSPS) is 16.0. The molecule has 0 bridgehead atoms. The fourth-order valence-corrected chi connectivity index (χ4v) is 3.20. The van der Waals surface area contributed by atoms with Gasteiger partial charge in [0, 0.05) is 35.1 Å². The molecular weight excluding hydrogens is 316 g/mol. The molecule has 7 nitrogen and oxygen atoms in total. The first-order chi connectivity index (χ1) is 12.4. The maximum Gasteiger partial charge on any atom is 0.235 e. The van der Waals surface area contributed by atoms with E-state index < -0.39 is 0 Å². The van der Waals surface area contributed by atoms with Crippen LogP contribution in [0.1, 0.15) is 48.2 Å². The zero-order chi connectivity index (χ0) is 16.6. The van der Waals surface area contributed by atoms with Crippen LogP contribution in [0.5, 0.6) is 0 Å². The van der Waals surface area contributed by atoms with E-state index in [0.29, 0.717) is 18.4 Å². The van der Waals surface area contributed by atoms with Crippen molar-refractivity contribution in [2.24, 2.45) is 0 Å². The van der Waals surface area contributed by atoms with Gasteiger partial charge in [-0.25, -0.2) is 9.97 Å². The highest BCUT2D eigenvalue weighted by molar-refractivity contribution is 5.60. The van der Waals surface area contributed by atoms with Gasteiger partial charge in [-0.15, -0.1) is 10.2 Å². The van der Waals surface area contributed by atoms with Crippen molar-refractivity contribution in [1.82, 2.24) is 25.1 Å². The standard InChI is InChI=1S/C18H18N6O/c1-2-13-14(3-1)21-16(11-6-8-19-9-7-11)22-17(13)20-10-15-23-24-18(25-15)12-4-5-12/h6-9,12H,1-5,10H2,(H,20,21,22). The fraction of sp³-hybridized carbons (Fsp3) is 0.389. The first-order valence-electron chi connectivity index (χ1n) is 8.73. The van der Waals surface area contributed by atoms with Crippen LogP contribution in [-0.2, 0) is 19.4 Å². The van der Waals surface area contributed by atoms with Crippen molar-refractivity contribution in [1.29, 1.82) is 0 Å². The zero-order valence-corrected chi connectivity index (χ0v) is 13.8. The van der Waals surface area contributed by atoms with E-state index in [9.17, 15) is 0 Å². The summed E-state index contributed by atoms with van der Waals surface area (Å²) in [6, 6.07) is 3.86. The molecule has 5 rings (SSSR count). The van der Waals surface area contributed by atoms with Crippen LogP contribution in [0.2, 0.25) is 0 Å². The lowest BCUT2D eigenvalue weighted by molar-refractivity contribution is 0.456. The van der Waals surface area contributed by atoms with Crippen LogP contribution >= 0.6 is 0 Å². The minimum Gasteiger partial charge on any atom is -0.423 e. The summed E-state index contributed by atoms with van der Waals surface area (Å²) in [5, 5.41) is 11.6. The topological polar surface area (TPSA) is 89.6 Å². The lowest BCUT2D eigenvalue weighted by Crippen LogP contribution is -2.07. The van der Waals surface area contributed by atoms with E-state index >= 15 is 0 Å². The Morgan fingerprint density at radius 1 is 1.08 bits per heavy atom. The summed E-state index contributed by atoms with van der Waals surface area (Å²) in [6.07, 6.45) is 8.95. The first kappa shape index (κ1) is 14.5. The summed E-state index contributed by atoms with van der Waals surface area (Å²) in [5.74, 6) is 3.46. The molecule has 3 aromatic heterocycles. The third-order valence-electron chi connectivity index (χ3n) is 4.69. The van der Waals surface area contributed by atoms with Crippen LogP contribution in [0.4, 0.5) is 5.82 Å². The van der Waals surface area contributed by atoms with Gasteiger partial charge in [0.05, 0.1) is 6.54 Å². The smallest absolute Gasteiger partial charge is 0.235 e. The molecule has 3 heterocycles. The maximum atomic E-state index is 5.73. The van der Waals surface area contributed by atoms with Gasteiger partial charge in [-0.1, -0.05) is 0 Å². The molecule has 1 N–H and O–H groups in total. The van der Waals surface area contributed by atoms with Crippen molar-refractivity contribution in [2.75, 3.05) is 5.32 Å². The minimum atomic E-state index is 0.475. The quantitative estimate of drug-likeness (QED) is 0.767. The van der Waals surface area contributed by atoms with E-state index in [1.54, 1.807) is 12.4 Å². The van der Waals surface area contributed by atoms with Crippen LogP contribution in [0.25, 0.3) is 11.4 Å². The van der Waals surface area contributed by atoms with E-state index in [4.69, 9.17) is 14.4 Å². The molecule has 3 aromatic rings. The SMILES string of the molecule is c1cc(-c2nc3c(c(NCc4nnc(C5CC5)o4)n2)CCC3)ccn1. The molecule has 25 heavy (non-hydrogen) atoms. The molecular formula is C18H18N6O. The zero-order valence-electron chi connectivity index (χ0n) is 13.8. The molecule has 0 aliphatic heterocycles. The van der Waals surface area contributed by atoms with Crippen molar-refractivity contribution in [2.45, 2.75) is 44.6 Å². The maximum absolute atomic E-state index is 5.73. The van der Waals surface area contributed by atoms with E-state index in [1.807, 2.05) is 12.1 Å². The molecule has 7 heteroatoms. The lowest BCUT2D eigenvalue weighted by atomic mass is 10.2. The van der Waals surface area contributed by atoms with Crippen molar-refractivity contribution >= 4 is 5.82 Å². The van der Waals surface area contributed by atoms with Gasteiger partial charge in [0.1, 0.15) is 5.82 Å². The molecule has 2 aliphatic rings. The summed E-state index contributed by atoms with van der Waals surface area (Å²) in [6.45, 7) is 0.485. The Balaban J connectivity index is 1.42. The predicted octanol–water partition coefficient (Wildman–Crippen LogP) is 2.90. The summed E-state index contributed by atoms with van der Waals surface area (Å²) in [4.78, 5) is 13.6. The number of aryl methyl sites for hydroxylation is 1. The molecule has 1 fully saturated rings. The first-order valence-corrected chi connectivity index (χ1v) is 8.73. The van der Waals surface area contributed by atoms with E-state index in [-0.39, 0.29) is 0 Å². The molecule has 0 amide bonds. The van der Waals surface area contributed by atoms with Gasteiger partial charge in [-0.3, -0.25) is 4.98 Å². The van der Waals surface area contributed by atoms with Crippen LogP contribution in [0.15, 0.2) is 28.9 Å². The van der Waals surface area contributed by atoms with Crippen molar-refractivity contribution < 1.29 is 4.42 Å². The molecule has 0 aromatic carbocycles. The summed E-state index contributed by atoms with van der Waals surface area (Å²) in [7, 11) is 0. The average molecular weight is 334 g/mol. The third-order valence-corrected chi connectivity index (χ3v) is 4.69. The van der Waals surface area contributed by atoms with Gasteiger partial charge in [-0.2, -0.15) is 0 Å². The largest absolute Gasteiger partial charge is 0.423 e. The number of pyridine rings is 1. The van der Waals surface area contributed by atoms with Gasteiger partial charge >= 0.3 is 0 Å². The van der Waals surface area contributed by atoms with Crippen LogP contribution < -0.4 is 5.32 Å². The fourth-order valence-electron chi connectivity index (χ4n) is 3.20. The monoisotopic (exact) mass is 334 g/mol. The second-order valence-corrected chi connectivity index (χ2v) is 6.57. The third kappa shape index (κ3) is 2.86. The van der Waals surface area contributed by atoms with Gasteiger partial charge in [0.15, 0.2) is 5.82 Å². The molecule has 0 atom stereocenters. The van der Waals surface area contributed by atoms with Crippen molar-refractivity contribution in [3.8, 4) is 11.4 Å². The van der Waals surface area contributed by atoms with Crippen molar-refractivity contribution in [3.05, 3.63) is 47.6 Å². The average Bonchev–Trinajstić information content (AvgIpc) is 3.20.